The molecule has 0 saturated carbocycles. The first kappa shape index (κ1) is 11.7. The van der Waals surface area contributed by atoms with Crippen molar-refractivity contribution >= 4 is 25.8 Å². The van der Waals surface area contributed by atoms with Crippen LogP contribution in [-0.4, -0.2) is 14.7 Å². The van der Waals surface area contributed by atoms with Gasteiger partial charge in [-0.05, 0) is 30.7 Å². The highest BCUT2D eigenvalue weighted by molar-refractivity contribution is 9.10. The number of hydrogen-bond acceptors (Lipinski definition) is 3. The largest absolute Gasteiger partial charge is 0.324 e. The molecule has 0 aliphatic carbocycles. The van der Waals surface area contributed by atoms with Crippen LogP contribution in [-0.2, 0) is 9.84 Å². The number of rotatable bonds is 2. The van der Waals surface area contributed by atoms with Gasteiger partial charge in [-0.1, -0.05) is 15.9 Å². The highest BCUT2D eigenvalue weighted by atomic mass is 79.9. The molecule has 0 aromatic heterocycles. The zero-order valence-electron chi connectivity index (χ0n) is 7.99. The van der Waals surface area contributed by atoms with Crippen LogP contribution in [0.5, 0.6) is 0 Å². The Bertz CT molecular complexity index is 440. The topological polar surface area (TPSA) is 60.2 Å². The Morgan fingerprint density at radius 1 is 1.36 bits per heavy atom. The summed E-state index contributed by atoms with van der Waals surface area (Å²) in [4.78, 5) is 0.291. The second kappa shape index (κ2) is 4.00. The Kier molecular flexibility index (Phi) is 3.34. The van der Waals surface area contributed by atoms with Crippen LogP contribution in [0.1, 0.15) is 18.5 Å². The van der Waals surface area contributed by atoms with Gasteiger partial charge in [0.25, 0.3) is 0 Å². The predicted molar refractivity (Wildman–Crippen MR) is 59.9 cm³/mol. The second-order valence-corrected chi connectivity index (χ2v) is 6.21. The van der Waals surface area contributed by atoms with E-state index < -0.39 is 9.84 Å². The molecule has 0 radical (unpaired) electrons. The lowest BCUT2D eigenvalue weighted by molar-refractivity contribution is 0.601. The van der Waals surface area contributed by atoms with Crippen LogP contribution < -0.4 is 5.73 Å². The quantitative estimate of drug-likeness (QED) is 0.898. The van der Waals surface area contributed by atoms with Gasteiger partial charge in [0, 0.05) is 16.8 Å². The zero-order valence-corrected chi connectivity index (χ0v) is 10.4. The summed E-state index contributed by atoms with van der Waals surface area (Å²) < 4.78 is 23.3. The van der Waals surface area contributed by atoms with Crippen molar-refractivity contribution in [3.05, 3.63) is 28.2 Å². The van der Waals surface area contributed by atoms with Crippen LogP contribution in [0.4, 0.5) is 0 Å². The van der Waals surface area contributed by atoms with Crippen LogP contribution in [0.2, 0.25) is 0 Å². The molecule has 14 heavy (non-hydrogen) atoms. The maximum atomic E-state index is 11.3. The van der Waals surface area contributed by atoms with Crippen molar-refractivity contribution in [2.45, 2.75) is 17.9 Å². The first-order chi connectivity index (χ1) is 6.30. The molecule has 5 heteroatoms. The summed E-state index contributed by atoms with van der Waals surface area (Å²) in [5.74, 6) is 0. The smallest absolute Gasteiger partial charge is 0.175 e. The number of halogens is 1. The molecule has 0 bridgehead atoms. The molecule has 1 rings (SSSR count). The summed E-state index contributed by atoms with van der Waals surface area (Å²) >= 11 is 3.25. The lowest BCUT2D eigenvalue weighted by atomic mass is 10.1. The SMILES string of the molecule is CC(N)c1cc(Br)cc(S(C)(=O)=O)c1. The number of benzene rings is 1. The van der Waals surface area contributed by atoms with Crippen LogP contribution in [0.3, 0.4) is 0 Å². The highest BCUT2D eigenvalue weighted by Gasteiger charge is 2.10. The molecule has 0 saturated heterocycles. The molecule has 0 heterocycles. The molecular weight excluding hydrogens is 266 g/mol. The summed E-state index contributed by atoms with van der Waals surface area (Å²) in [5, 5.41) is 0. The van der Waals surface area contributed by atoms with E-state index in [0.717, 1.165) is 10.0 Å². The zero-order chi connectivity index (χ0) is 10.9. The standard InChI is InChI=1S/C9H12BrNO2S/c1-6(11)7-3-8(10)5-9(4-7)14(2,12)13/h3-6H,11H2,1-2H3. The van der Waals surface area contributed by atoms with Crippen molar-refractivity contribution in [3.63, 3.8) is 0 Å². The second-order valence-electron chi connectivity index (χ2n) is 3.28. The number of hydrogen-bond donors (Lipinski definition) is 1. The lowest BCUT2D eigenvalue weighted by Gasteiger charge is -2.08. The van der Waals surface area contributed by atoms with Gasteiger partial charge >= 0.3 is 0 Å². The summed E-state index contributed by atoms with van der Waals surface area (Å²) in [5.41, 5.74) is 6.48. The van der Waals surface area contributed by atoms with E-state index in [0.29, 0.717) is 4.90 Å². The van der Waals surface area contributed by atoms with Gasteiger partial charge in [0.1, 0.15) is 0 Å². The third kappa shape index (κ3) is 2.80. The van der Waals surface area contributed by atoms with Crippen molar-refractivity contribution in [3.8, 4) is 0 Å². The minimum atomic E-state index is -3.17. The molecule has 1 aromatic carbocycles. The summed E-state index contributed by atoms with van der Waals surface area (Å²) in [6.07, 6.45) is 1.18. The molecule has 0 amide bonds. The lowest BCUT2D eigenvalue weighted by Crippen LogP contribution is -2.07. The first-order valence-corrected chi connectivity index (χ1v) is 6.75. The molecule has 1 aromatic rings. The average molecular weight is 278 g/mol. The van der Waals surface area contributed by atoms with Crippen molar-refractivity contribution in [1.29, 1.82) is 0 Å². The number of sulfone groups is 1. The minimum absolute atomic E-state index is 0.173. The fourth-order valence-electron chi connectivity index (χ4n) is 1.06. The van der Waals surface area contributed by atoms with Crippen molar-refractivity contribution in [2.24, 2.45) is 5.73 Å². The van der Waals surface area contributed by atoms with E-state index in [1.807, 2.05) is 13.0 Å². The molecule has 0 aliphatic heterocycles. The molecule has 1 atom stereocenters. The molecule has 0 fully saturated rings. The van der Waals surface area contributed by atoms with Gasteiger partial charge in [0.15, 0.2) is 9.84 Å². The maximum absolute atomic E-state index is 11.3. The van der Waals surface area contributed by atoms with E-state index >= 15 is 0 Å². The first-order valence-electron chi connectivity index (χ1n) is 4.07. The van der Waals surface area contributed by atoms with Gasteiger partial charge in [-0.15, -0.1) is 0 Å². The molecule has 1 unspecified atom stereocenters. The van der Waals surface area contributed by atoms with Crippen LogP contribution >= 0.6 is 15.9 Å². The van der Waals surface area contributed by atoms with Crippen LogP contribution in [0.25, 0.3) is 0 Å². The minimum Gasteiger partial charge on any atom is -0.324 e. The monoisotopic (exact) mass is 277 g/mol. The van der Waals surface area contributed by atoms with Crippen molar-refractivity contribution < 1.29 is 8.42 Å². The Morgan fingerprint density at radius 2 is 1.93 bits per heavy atom. The Hall–Kier alpha value is -0.390. The van der Waals surface area contributed by atoms with E-state index in [4.69, 9.17) is 5.73 Å². The van der Waals surface area contributed by atoms with Gasteiger partial charge in [-0.3, -0.25) is 0 Å². The Morgan fingerprint density at radius 3 is 2.36 bits per heavy atom. The maximum Gasteiger partial charge on any atom is 0.175 e. The molecule has 2 N–H and O–H groups in total. The van der Waals surface area contributed by atoms with Crippen molar-refractivity contribution in [1.82, 2.24) is 0 Å². The van der Waals surface area contributed by atoms with E-state index in [-0.39, 0.29) is 6.04 Å². The highest BCUT2D eigenvalue weighted by Crippen LogP contribution is 2.22. The van der Waals surface area contributed by atoms with E-state index in [1.165, 1.54) is 6.26 Å². The molecular formula is C9H12BrNO2S. The van der Waals surface area contributed by atoms with Crippen LogP contribution in [0, 0.1) is 0 Å². The predicted octanol–water partition coefficient (Wildman–Crippen LogP) is 1.87. The molecule has 0 spiro atoms. The molecule has 3 nitrogen and oxygen atoms in total. The molecule has 78 valence electrons. The third-order valence-electron chi connectivity index (χ3n) is 1.85. The van der Waals surface area contributed by atoms with Crippen LogP contribution in [0.15, 0.2) is 27.6 Å². The molecule has 0 aliphatic rings. The number of nitrogens with two attached hydrogens (primary N) is 1. The van der Waals surface area contributed by atoms with Gasteiger partial charge in [0.2, 0.25) is 0 Å². The van der Waals surface area contributed by atoms with E-state index in [9.17, 15) is 8.42 Å². The van der Waals surface area contributed by atoms with E-state index in [1.54, 1.807) is 12.1 Å². The normalized spacial score (nSPS) is 14.0. The van der Waals surface area contributed by atoms with Gasteiger partial charge in [-0.2, -0.15) is 0 Å². The third-order valence-corrected chi connectivity index (χ3v) is 3.40. The van der Waals surface area contributed by atoms with E-state index in [2.05, 4.69) is 15.9 Å². The summed E-state index contributed by atoms with van der Waals surface area (Å²) in [6.45, 7) is 1.81. The van der Waals surface area contributed by atoms with Gasteiger partial charge < -0.3 is 5.73 Å². The fraction of sp³-hybridized carbons (Fsp3) is 0.333. The fourth-order valence-corrected chi connectivity index (χ4v) is 2.42. The Balaban J connectivity index is 3.35. The average Bonchev–Trinajstić information content (AvgIpc) is 2.01. The summed E-state index contributed by atoms with van der Waals surface area (Å²) in [7, 11) is -3.17. The Labute approximate surface area is 92.4 Å². The van der Waals surface area contributed by atoms with Gasteiger partial charge in [-0.25, -0.2) is 8.42 Å². The summed E-state index contributed by atoms with van der Waals surface area (Å²) in [6, 6.07) is 4.82. The van der Waals surface area contributed by atoms with Gasteiger partial charge in [0.05, 0.1) is 4.90 Å². The van der Waals surface area contributed by atoms with Crippen molar-refractivity contribution in [2.75, 3.05) is 6.26 Å².